The van der Waals surface area contributed by atoms with Crippen LogP contribution in [0.1, 0.15) is 69.4 Å². The molecule has 2 saturated carbocycles. The first kappa shape index (κ1) is 20.0. The van der Waals surface area contributed by atoms with Gasteiger partial charge in [0, 0.05) is 11.8 Å². The lowest BCUT2D eigenvalue weighted by atomic mass is 9.95. The standard InChI is InChI=1S/C24H28N4S/c1-3-19-14-18(15-20(16-25)26-2)10-11-22(19)27-23-28(21-8-4-5-9-21)24(17-29-23)12-6-7-13-24/h10-11,14-15,21H,3-9,12-13,17H2,1H3. The number of benzene rings is 1. The summed E-state index contributed by atoms with van der Waals surface area (Å²) in [7, 11) is 0. The van der Waals surface area contributed by atoms with Crippen molar-refractivity contribution in [1.29, 1.82) is 5.26 Å². The second-order valence-electron chi connectivity index (χ2n) is 8.42. The first-order valence-corrected chi connectivity index (χ1v) is 11.8. The minimum absolute atomic E-state index is 0.119. The van der Waals surface area contributed by atoms with Gasteiger partial charge in [0.2, 0.25) is 0 Å². The minimum atomic E-state index is 0.119. The predicted molar refractivity (Wildman–Crippen MR) is 121 cm³/mol. The van der Waals surface area contributed by atoms with Crippen molar-refractivity contribution in [3.63, 3.8) is 0 Å². The number of nitriles is 1. The van der Waals surface area contributed by atoms with Gasteiger partial charge in [0.15, 0.2) is 5.17 Å². The van der Waals surface area contributed by atoms with Crippen molar-refractivity contribution in [3.05, 3.63) is 46.4 Å². The van der Waals surface area contributed by atoms with Crippen LogP contribution >= 0.6 is 11.8 Å². The van der Waals surface area contributed by atoms with Gasteiger partial charge < -0.3 is 4.90 Å². The molecule has 0 amide bonds. The zero-order chi connectivity index (χ0) is 20.3. The molecule has 1 aromatic rings. The first-order valence-electron chi connectivity index (χ1n) is 10.8. The molecule has 0 unspecified atom stereocenters. The molecule has 0 N–H and O–H groups in total. The number of thioether (sulfide) groups is 1. The molecule has 3 fully saturated rings. The summed E-state index contributed by atoms with van der Waals surface area (Å²) in [5.74, 6) is 1.18. The lowest BCUT2D eigenvalue weighted by molar-refractivity contribution is 0.163. The Bertz CT molecular complexity index is 890. The molecular weight excluding hydrogens is 376 g/mol. The van der Waals surface area contributed by atoms with Crippen molar-refractivity contribution in [2.24, 2.45) is 4.99 Å². The van der Waals surface area contributed by atoms with E-state index in [9.17, 15) is 0 Å². The van der Waals surface area contributed by atoms with E-state index < -0.39 is 0 Å². The average molecular weight is 405 g/mol. The predicted octanol–water partition coefficient (Wildman–Crippen LogP) is 6.32. The van der Waals surface area contributed by atoms with Crippen LogP contribution in [0.3, 0.4) is 0 Å². The molecular formula is C24H28N4S. The third-order valence-electron chi connectivity index (χ3n) is 6.65. The van der Waals surface area contributed by atoms with E-state index in [1.54, 1.807) is 6.08 Å². The van der Waals surface area contributed by atoms with Crippen molar-refractivity contribution in [1.82, 2.24) is 4.90 Å². The van der Waals surface area contributed by atoms with E-state index in [4.69, 9.17) is 16.8 Å². The number of rotatable bonds is 4. The van der Waals surface area contributed by atoms with Crippen molar-refractivity contribution in [3.8, 4) is 6.07 Å². The van der Waals surface area contributed by atoms with Gasteiger partial charge in [-0.05, 0) is 55.4 Å². The van der Waals surface area contributed by atoms with E-state index in [2.05, 4.69) is 28.8 Å². The normalized spacial score (nSPS) is 23.1. The van der Waals surface area contributed by atoms with Crippen LogP contribution in [-0.4, -0.2) is 27.4 Å². The number of hydrogen-bond donors (Lipinski definition) is 0. The van der Waals surface area contributed by atoms with Crippen LogP contribution in [0.15, 0.2) is 28.9 Å². The lowest BCUT2D eigenvalue weighted by Crippen LogP contribution is -2.50. The minimum Gasteiger partial charge on any atom is -0.342 e. The lowest BCUT2D eigenvalue weighted by Gasteiger charge is -2.40. The van der Waals surface area contributed by atoms with E-state index >= 15 is 0 Å². The summed E-state index contributed by atoms with van der Waals surface area (Å²) in [5.41, 5.74) is 3.56. The summed E-state index contributed by atoms with van der Waals surface area (Å²) in [6, 6.07) is 8.72. The zero-order valence-corrected chi connectivity index (χ0v) is 18.0. The van der Waals surface area contributed by atoms with E-state index in [-0.39, 0.29) is 5.70 Å². The van der Waals surface area contributed by atoms with Gasteiger partial charge in [0.1, 0.15) is 0 Å². The maximum absolute atomic E-state index is 9.03. The molecule has 1 saturated heterocycles. The molecule has 0 radical (unpaired) electrons. The molecule has 1 aromatic carbocycles. The van der Waals surface area contributed by atoms with Gasteiger partial charge in [0.25, 0.3) is 5.70 Å². The Kier molecular flexibility index (Phi) is 5.97. The number of amidine groups is 1. The van der Waals surface area contributed by atoms with Crippen molar-refractivity contribution in [2.75, 3.05) is 5.75 Å². The second-order valence-corrected chi connectivity index (χ2v) is 9.36. The largest absolute Gasteiger partial charge is 0.342 e. The highest BCUT2D eigenvalue weighted by molar-refractivity contribution is 8.14. The molecule has 4 nitrogen and oxygen atoms in total. The summed E-state index contributed by atoms with van der Waals surface area (Å²) in [5, 5.41) is 10.2. The van der Waals surface area contributed by atoms with Crippen LogP contribution in [0.25, 0.3) is 10.9 Å². The van der Waals surface area contributed by atoms with E-state index in [0.29, 0.717) is 11.6 Å². The zero-order valence-electron chi connectivity index (χ0n) is 17.2. The van der Waals surface area contributed by atoms with E-state index in [0.717, 1.165) is 17.7 Å². The first-order chi connectivity index (χ1) is 14.2. The molecule has 3 aliphatic rings. The Morgan fingerprint density at radius 2 is 2.10 bits per heavy atom. The van der Waals surface area contributed by atoms with Gasteiger partial charge in [0.05, 0.1) is 23.9 Å². The highest BCUT2D eigenvalue weighted by Gasteiger charge is 2.49. The highest BCUT2D eigenvalue weighted by Crippen LogP contribution is 2.48. The van der Waals surface area contributed by atoms with Gasteiger partial charge in [-0.3, -0.25) is 0 Å². The molecule has 0 atom stereocenters. The van der Waals surface area contributed by atoms with Gasteiger partial charge in [-0.1, -0.05) is 56.5 Å². The number of allylic oxidation sites excluding steroid dienone is 1. The van der Waals surface area contributed by atoms with E-state index in [1.165, 1.54) is 67.9 Å². The summed E-state index contributed by atoms with van der Waals surface area (Å²) in [6.45, 7) is 9.23. The van der Waals surface area contributed by atoms with Gasteiger partial charge >= 0.3 is 0 Å². The Morgan fingerprint density at radius 1 is 1.34 bits per heavy atom. The smallest absolute Gasteiger partial charge is 0.262 e. The van der Waals surface area contributed by atoms with Crippen LogP contribution in [0.2, 0.25) is 0 Å². The fourth-order valence-corrected chi connectivity index (χ4v) is 6.66. The van der Waals surface area contributed by atoms with Crippen LogP contribution in [0.5, 0.6) is 0 Å². The topological polar surface area (TPSA) is 43.8 Å². The third-order valence-corrected chi connectivity index (χ3v) is 7.88. The van der Waals surface area contributed by atoms with E-state index in [1.807, 2.05) is 23.9 Å². The Balaban J connectivity index is 1.68. The van der Waals surface area contributed by atoms with Gasteiger partial charge in [-0.15, -0.1) is 0 Å². The highest BCUT2D eigenvalue weighted by atomic mass is 32.2. The Morgan fingerprint density at radius 3 is 2.76 bits per heavy atom. The van der Waals surface area contributed by atoms with Crippen LogP contribution in [-0.2, 0) is 6.42 Å². The molecule has 5 heteroatoms. The molecule has 0 bridgehead atoms. The van der Waals surface area contributed by atoms with Crippen molar-refractivity contribution < 1.29 is 0 Å². The maximum Gasteiger partial charge on any atom is 0.262 e. The fraction of sp³-hybridized carbons (Fsp3) is 0.542. The SMILES string of the molecule is [C-]#[N+]C(C#N)=Cc1ccc(N=C2SCC3(CCCC3)N2C2CCCC2)c(CC)c1. The number of nitrogens with zero attached hydrogens (tertiary/aromatic N) is 4. The summed E-state index contributed by atoms with van der Waals surface area (Å²) >= 11 is 1.95. The van der Waals surface area contributed by atoms with Gasteiger partial charge in [-0.2, -0.15) is 0 Å². The molecule has 0 aromatic heterocycles. The molecule has 29 heavy (non-hydrogen) atoms. The van der Waals surface area contributed by atoms with Crippen LogP contribution < -0.4 is 0 Å². The quantitative estimate of drug-likeness (QED) is 0.435. The van der Waals surface area contributed by atoms with Crippen molar-refractivity contribution in [2.45, 2.75) is 76.3 Å². The molecule has 4 rings (SSSR count). The fourth-order valence-electron chi connectivity index (χ4n) is 5.19. The second kappa shape index (κ2) is 8.64. The maximum atomic E-state index is 9.03. The molecule has 2 aliphatic carbocycles. The number of aryl methyl sites for hydroxylation is 1. The monoisotopic (exact) mass is 404 g/mol. The van der Waals surface area contributed by atoms with Crippen LogP contribution in [0, 0.1) is 17.9 Å². The molecule has 1 aliphatic heterocycles. The number of hydrogen-bond acceptors (Lipinski definition) is 3. The summed E-state index contributed by atoms with van der Waals surface area (Å²) in [6.07, 6.45) is 13.2. The van der Waals surface area contributed by atoms with Crippen LogP contribution in [0.4, 0.5) is 5.69 Å². The Hall–Kier alpha value is -2.24. The molecule has 1 heterocycles. The Labute approximate surface area is 178 Å². The molecule has 1 spiro atoms. The molecule has 150 valence electrons. The van der Waals surface area contributed by atoms with Crippen molar-refractivity contribution >= 4 is 28.7 Å². The summed E-state index contributed by atoms with van der Waals surface area (Å²) < 4.78 is 0. The van der Waals surface area contributed by atoms with Gasteiger partial charge in [-0.25, -0.2) is 15.1 Å². The summed E-state index contributed by atoms with van der Waals surface area (Å²) in [4.78, 5) is 11.2. The average Bonchev–Trinajstić information content (AvgIpc) is 3.50. The number of aliphatic imine (C=N–C) groups is 1. The third kappa shape index (κ3) is 3.94.